The van der Waals surface area contributed by atoms with Crippen LogP contribution in [0.1, 0.15) is 97.3 Å². The van der Waals surface area contributed by atoms with Crippen molar-refractivity contribution in [3.05, 3.63) is 0 Å². The maximum absolute atomic E-state index is 14.1. The third-order valence-corrected chi connectivity index (χ3v) is 11.0. The van der Waals surface area contributed by atoms with E-state index < -0.39 is 177 Å². The van der Waals surface area contributed by atoms with E-state index in [9.17, 15) is 72.5 Å². The van der Waals surface area contributed by atoms with E-state index in [-0.39, 0.29) is 62.9 Å². The molecule has 0 aromatic rings. The minimum Gasteiger partial charge on any atom is -0.481 e. The van der Waals surface area contributed by atoms with Crippen LogP contribution in [0, 0.1) is 0 Å². The molecular weight excluding hydrogens is 1020 g/mol. The summed E-state index contributed by atoms with van der Waals surface area (Å²) < 4.78 is 0. The Bertz CT molecular complexity index is 2090. The molecule has 9 amide bonds. The molecule has 0 heterocycles. The predicted molar refractivity (Wildman–Crippen MR) is 266 cm³/mol. The van der Waals surface area contributed by atoms with Gasteiger partial charge >= 0.3 is 23.9 Å². The van der Waals surface area contributed by atoms with Crippen LogP contribution in [0.5, 0.6) is 0 Å². The largest absolute Gasteiger partial charge is 0.481 e. The highest BCUT2D eigenvalue weighted by Crippen LogP contribution is 2.10. The summed E-state index contributed by atoms with van der Waals surface area (Å²) in [7, 11) is 0. The molecular formula is C42H71N15O17S. The quantitative estimate of drug-likeness (QED) is 0.0155. The van der Waals surface area contributed by atoms with Crippen molar-refractivity contribution in [1.82, 2.24) is 42.5 Å². The summed E-state index contributed by atoms with van der Waals surface area (Å²) in [5.74, 6) is -14.9. The number of aliphatic carboxylic acids is 4. The van der Waals surface area contributed by atoms with E-state index in [0.29, 0.717) is 0 Å². The third-order valence-electron chi connectivity index (χ3n) is 10.3. The Hall–Kier alpha value is -8.00. The number of primary amides is 1. The van der Waals surface area contributed by atoms with Crippen molar-refractivity contribution in [2.75, 3.05) is 25.1 Å². The number of hydrogen-bond acceptors (Lipinski definition) is 16. The Morgan fingerprint density at radius 1 is 0.427 bits per heavy atom. The van der Waals surface area contributed by atoms with Crippen LogP contribution in [0.15, 0.2) is 9.98 Å². The van der Waals surface area contributed by atoms with Crippen molar-refractivity contribution in [2.24, 2.45) is 38.7 Å². The fraction of sp³-hybridized carbons (Fsp3) is 0.643. The monoisotopic (exact) mass is 1090 g/mol. The molecule has 0 aliphatic heterocycles. The summed E-state index contributed by atoms with van der Waals surface area (Å²) in [5.41, 5.74) is 27.1. The van der Waals surface area contributed by atoms with E-state index in [1.54, 1.807) is 6.26 Å². The van der Waals surface area contributed by atoms with Crippen LogP contribution in [0.4, 0.5) is 0 Å². The summed E-state index contributed by atoms with van der Waals surface area (Å²) in [6.45, 7) is 2.10. The molecule has 0 aliphatic rings. The van der Waals surface area contributed by atoms with Gasteiger partial charge in [0.1, 0.15) is 48.3 Å². The van der Waals surface area contributed by atoms with Gasteiger partial charge in [0.25, 0.3) is 0 Å². The molecule has 0 unspecified atom stereocenters. The first-order valence-corrected chi connectivity index (χ1v) is 24.6. The summed E-state index contributed by atoms with van der Waals surface area (Å²) in [5, 5.41) is 55.8. The highest BCUT2D eigenvalue weighted by atomic mass is 32.2. The first kappa shape index (κ1) is 67.0. The number of rotatable bonds is 39. The predicted octanol–water partition coefficient (Wildman–Crippen LogP) is -6.29. The lowest BCUT2D eigenvalue weighted by atomic mass is 10.0. The topological polar surface area (TPSA) is 554 Å². The summed E-state index contributed by atoms with van der Waals surface area (Å²) >= 11 is 1.23. The Morgan fingerprint density at radius 3 is 1.05 bits per heavy atom. The Labute approximate surface area is 434 Å². The van der Waals surface area contributed by atoms with Crippen LogP contribution in [0.2, 0.25) is 0 Å². The van der Waals surface area contributed by atoms with Crippen LogP contribution in [-0.4, -0.2) is 183 Å². The SMILES string of the molecule is CSCC[C@H](NC(=O)[C@H](CCC(=O)O)NC(=O)[C@H](CCC(=O)O)NC(C)=O)C(=O)N[C@@H](CCC(N)=O)C(=O)N[C@@H](CCCN=C(N)N)C(=O)N[C@@H](CCCN=C(N)N)C(=O)N[C@@H](C)C(=O)N[C@@H](CCC(=O)O)C(=O)O. The lowest BCUT2D eigenvalue weighted by Gasteiger charge is -2.28. The molecule has 422 valence electrons. The molecule has 0 saturated heterocycles. The minimum atomic E-state index is -1.68. The number of thioether (sulfide) groups is 1. The fourth-order valence-electron chi connectivity index (χ4n) is 6.49. The Balaban J connectivity index is 6.92. The van der Waals surface area contributed by atoms with Crippen molar-refractivity contribution in [2.45, 2.75) is 146 Å². The normalized spacial score (nSPS) is 13.9. The number of hydrogen-bond donors (Lipinski definition) is 17. The molecule has 0 spiro atoms. The molecule has 0 aromatic heterocycles. The number of nitrogens with one attached hydrogen (secondary N) is 8. The second-order valence-corrected chi connectivity index (χ2v) is 17.7. The zero-order chi connectivity index (χ0) is 57.4. The molecule has 0 radical (unpaired) electrons. The van der Waals surface area contributed by atoms with Crippen molar-refractivity contribution in [3.8, 4) is 0 Å². The number of carboxylic acid groups (broad SMARTS) is 4. The summed E-state index contributed by atoms with van der Waals surface area (Å²) in [4.78, 5) is 173. The van der Waals surface area contributed by atoms with Gasteiger partial charge in [-0.3, -0.25) is 67.5 Å². The highest BCUT2D eigenvalue weighted by molar-refractivity contribution is 7.98. The van der Waals surface area contributed by atoms with Crippen molar-refractivity contribution < 1.29 is 82.8 Å². The molecule has 0 saturated carbocycles. The number of amides is 9. The molecule has 22 N–H and O–H groups in total. The standard InChI is InChI=1S/C42H71N15O17S/c1-20(33(66)57-28(40(73)74)11-15-32(64)65)50-34(67)22(6-4-17-48-41(44)45)52-35(68)23(7-5-18-49-42(46)47)53-37(70)25(8-12-29(43)59)54-39(72)27(16-19-75-3)56-38(71)26(10-14-31(62)63)55-36(69)24(51-21(2)58)9-13-30(60)61/h20,22-28H,4-19H2,1-3H3,(H2,43,59)(H,50,67)(H,51,58)(H,52,68)(H,53,70)(H,54,72)(H,55,69)(H,56,71)(H,57,66)(H,60,61)(H,62,63)(H,64,65)(H,73,74)(H4,44,45,48)(H4,46,47,49)/t20-,22-,23-,24-,25-,26-,27-,28-/m0/s1. The zero-order valence-electron chi connectivity index (χ0n) is 41.7. The molecule has 0 aliphatic carbocycles. The van der Waals surface area contributed by atoms with E-state index in [4.69, 9.17) is 38.9 Å². The maximum atomic E-state index is 14.1. The van der Waals surface area contributed by atoms with E-state index in [0.717, 1.165) is 6.92 Å². The molecule has 0 fully saturated rings. The van der Waals surface area contributed by atoms with Crippen LogP contribution < -0.4 is 71.2 Å². The van der Waals surface area contributed by atoms with Crippen LogP contribution in [0.25, 0.3) is 0 Å². The van der Waals surface area contributed by atoms with Crippen molar-refractivity contribution in [1.29, 1.82) is 0 Å². The highest BCUT2D eigenvalue weighted by Gasteiger charge is 2.34. The van der Waals surface area contributed by atoms with Gasteiger partial charge in [0.05, 0.1) is 0 Å². The molecule has 75 heavy (non-hydrogen) atoms. The molecule has 32 nitrogen and oxygen atoms in total. The van der Waals surface area contributed by atoms with Gasteiger partial charge in [0.2, 0.25) is 53.2 Å². The van der Waals surface area contributed by atoms with Crippen molar-refractivity contribution >= 4 is 101 Å². The second-order valence-electron chi connectivity index (χ2n) is 16.7. The Kier molecular flexibility index (Phi) is 32.2. The van der Waals surface area contributed by atoms with E-state index >= 15 is 0 Å². The van der Waals surface area contributed by atoms with Gasteiger partial charge in [-0.15, -0.1) is 0 Å². The first-order valence-electron chi connectivity index (χ1n) is 23.2. The first-order chi connectivity index (χ1) is 35.1. The molecule has 0 rings (SSSR count). The van der Waals surface area contributed by atoms with Gasteiger partial charge in [-0.1, -0.05) is 0 Å². The van der Waals surface area contributed by atoms with Gasteiger partial charge < -0.3 is 91.6 Å². The molecule has 8 atom stereocenters. The van der Waals surface area contributed by atoms with Gasteiger partial charge in [0.15, 0.2) is 11.9 Å². The maximum Gasteiger partial charge on any atom is 0.326 e. The summed E-state index contributed by atoms with van der Waals surface area (Å²) in [6, 6.07) is -12.5. The fourth-order valence-corrected chi connectivity index (χ4v) is 6.96. The number of aliphatic imine (C=N–C) groups is 2. The van der Waals surface area contributed by atoms with E-state index in [1.165, 1.54) is 18.7 Å². The van der Waals surface area contributed by atoms with Crippen LogP contribution in [0.3, 0.4) is 0 Å². The number of carbonyl (C=O) groups is 13. The lowest BCUT2D eigenvalue weighted by Crippen LogP contribution is -2.60. The van der Waals surface area contributed by atoms with Gasteiger partial charge in [0, 0.05) is 45.7 Å². The number of carboxylic acids is 4. The smallest absolute Gasteiger partial charge is 0.326 e. The third kappa shape index (κ3) is 30.6. The Morgan fingerprint density at radius 2 is 0.733 bits per heavy atom. The zero-order valence-corrected chi connectivity index (χ0v) is 42.5. The molecule has 0 bridgehead atoms. The average molecular weight is 1090 g/mol. The van der Waals surface area contributed by atoms with Crippen molar-refractivity contribution in [3.63, 3.8) is 0 Å². The minimum absolute atomic E-state index is 0.00720. The van der Waals surface area contributed by atoms with Gasteiger partial charge in [-0.25, -0.2) is 4.79 Å². The van der Waals surface area contributed by atoms with Crippen LogP contribution in [-0.2, 0) is 62.3 Å². The number of carbonyl (C=O) groups excluding carboxylic acids is 9. The lowest BCUT2D eigenvalue weighted by molar-refractivity contribution is -0.143. The van der Waals surface area contributed by atoms with Gasteiger partial charge in [-0.05, 0) is 76.7 Å². The van der Waals surface area contributed by atoms with Gasteiger partial charge in [-0.2, -0.15) is 11.8 Å². The van der Waals surface area contributed by atoms with E-state index in [2.05, 4.69) is 52.5 Å². The summed E-state index contributed by atoms with van der Waals surface area (Å²) in [6.07, 6.45) is -3.16. The number of nitrogens with zero attached hydrogens (tertiary/aromatic N) is 2. The van der Waals surface area contributed by atoms with E-state index in [1.807, 2.05) is 0 Å². The second kappa shape index (κ2) is 36.0. The number of nitrogens with two attached hydrogens (primary N) is 5. The van der Waals surface area contributed by atoms with Crippen LogP contribution >= 0.6 is 11.8 Å². The molecule has 0 aromatic carbocycles. The number of guanidine groups is 2. The average Bonchev–Trinajstić information content (AvgIpc) is 3.31. The molecule has 33 heteroatoms.